The zero-order chi connectivity index (χ0) is 21.0. The number of anilines is 1. The Morgan fingerprint density at radius 3 is 2.34 bits per heavy atom. The Hall–Kier alpha value is -3.68. The number of urea groups is 1. The van der Waals surface area contributed by atoms with Crippen LogP contribution in [0.2, 0.25) is 0 Å². The number of ether oxygens (including phenoxy) is 1. The van der Waals surface area contributed by atoms with Crippen LogP contribution in [0.5, 0.6) is 5.75 Å². The van der Waals surface area contributed by atoms with E-state index in [2.05, 4.69) is 5.32 Å². The van der Waals surface area contributed by atoms with Crippen molar-refractivity contribution in [2.24, 2.45) is 0 Å². The first kappa shape index (κ1) is 20.1. The number of carbonyl (C=O) groups is 4. The predicted molar refractivity (Wildman–Crippen MR) is 105 cm³/mol. The molecule has 1 N–H and O–H groups in total. The van der Waals surface area contributed by atoms with E-state index in [1.54, 1.807) is 32.0 Å². The lowest BCUT2D eigenvalue weighted by Gasteiger charge is -2.19. The zero-order valence-electron chi connectivity index (χ0n) is 16.1. The SMILES string of the molecule is CCOc1ccccc1N1C(=O)C(=O)N(CC(=O)NC(C)c2ccccc2)C1=O. The number of imide groups is 2. The van der Waals surface area contributed by atoms with E-state index < -0.39 is 30.3 Å². The molecule has 150 valence electrons. The standard InChI is InChI=1S/C21H21N3O5/c1-3-29-17-12-8-7-11-16(17)24-20(27)19(26)23(21(24)28)13-18(25)22-14(2)15-9-5-4-6-10-15/h4-12,14H,3,13H2,1-2H3,(H,22,25). The van der Waals surface area contributed by atoms with Crippen molar-refractivity contribution < 1.29 is 23.9 Å². The molecule has 2 aromatic rings. The number of amides is 5. The normalized spacial score (nSPS) is 14.9. The summed E-state index contributed by atoms with van der Waals surface area (Å²) in [7, 11) is 0. The Bertz CT molecular complexity index is 944. The van der Waals surface area contributed by atoms with Crippen molar-refractivity contribution >= 4 is 29.4 Å². The van der Waals surface area contributed by atoms with E-state index in [9.17, 15) is 19.2 Å². The van der Waals surface area contributed by atoms with E-state index in [4.69, 9.17) is 4.74 Å². The number of hydrogen-bond acceptors (Lipinski definition) is 5. The van der Waals surface area contributed by atoms with Crippen LogP contribution in [0.4, 0.5) is 10.5 Å². The molecule has 1 unspecified atom stereocenters. The number of carbonyl (C=O) groups excluding carboxylic acids is 4. The molecule has 1 heterocycles. The van der Waals surface area contributed by atoms with Crippen molar-refractivity contribution in [3.63, 3.8) is 0 Å². The van der Waals surface area contributed by atoms with Gasteiger partial charge in [0, 0.05) is 0 Å². The summed E-state index contributed by atoms with van der Waals surface area (Å²) in [5, 5.41) is 2.73. The number of rotatable bonds is 7. The first-order valence-electron chi connectivity index (χ1n) is 9.20. The van der Waals surface area contributed by atoms with Gasteiger partial charge in [0.2, 0.25) is 5.91 Å². The lowest BCUT2D eigenvalue weighted by molar-refractivity contribution is -0.140. The van der Waals surface area contributed by atoms with Gasteiger partial charge in [-0.2, -0.15) is 0 Å². The molecule has 3 rings (SSSR count). The Morgan fingerprint density at radius 1 is 1.00 bits per heavy atom. The molecule has 29 heavy (non-hydrogen) atoms. The van der Waals surface area contributed by atoms with Crippen molar-refractivity contribution in [2.75, 3.05) is 18.1 Å². The van der Waals surface area contributed by atoms with Crippen LogP contribution in [0.25, 0.3) is 0 Å². The maximum absolute atomic E-state index is 12.7. The number of benzene rings is 2. The maximum atomic E-state index is 12.7. The van der Waals surface area contributed by atoms with Crippen LogP contribution in [-0.4, -0.2) is 41.8 Å². The Balaban J connectivity index is 1.75. The first-order valence-corrected chi connectivity index (χ1v) is 9.20. The molecule has 1 aliphatic rings. The highest BCUT2D eigenvalue weighted by Crippen LogP contribution is 2.31. The van der Waals surface area contributed by atoms with Crippen molar-refractivity contribution in [1.29, 1.82) is 0 Å². The third-order valence-corrected chi connectivity index (χ3v) is 4.44. The summed E-state index contributed by atoms with van der Waals surface area (Å²) in [5.41, 5.74) is 1.04. The topological polar surface area (TPSA) is 96.0 Å². The van der Waals surface area contributed by atoms with Gasteiger partial charge in [-0.1, -0.05) is 42.5 Å². The van der Waals surface area contributed by atoms with E-state index in [0.717, 1.165) is 10.5 Å². The van der Waals surface area contributed by atoms with Crippen LogP contribution in [0.1, 0.15) is 25.5 Å². The fourth-order valence-corrected chi connectivity index (χ4v) is 3.03. The third-order valence-electron chi connectivity index (χ3n) is 4.44. The molecule has 5 amide bonds. The molecule has 2 aromatic carbocycles. The fourth-order valence-electron chi connectivity index (χ4n) is 3.03. The Kier molecular flexibility index (Phi) is 5.92. The lowest BCUT2D eigenvalue weighted by Crippen LogP contribution is -2.42. The van der Waals surface area contributed by atoms with Crippen LogP contribution in [0.3, 0.4) is 0 Å². The van der Waals surface area contributed by atoms with Gasteiger partial charge >= 0.3 is 17.8 Å². The van der Waals surface area contributed by atoms with Crippen molar-refractivity contribution in [3.05, 3.63) is 60.2 Å². The van der Waals surface area contributed by atoms with Gasteiger partial charge < -0.3 is 10.1 Å². The summed E-state index contributed by atoms with van der Waals surface area (Å²) in [5.74, 6) is -2.32. The quantitative estimate of drug-likeness (QED) is 0.573. The number of para-hydroxylation sites is 2. The van der Waals surface area contributed by atoms with Gasteiger partial charge in [-0.25, -0.2) is 14.6 Å². The van der Waals surface area contributed by atoms with Gasteiger partial charge in [0.1, 0.15) is 12.3 Å². The van der Waals surface area contributed by atoms with Gasteiger partial charge in [0.25, 0.3) is 0 Å². The average molecular weight is 395 g/mol. The summed E-state index contributed by atoms with van der Waals surface area (Å²) >= 11 is 0. The second kappa shape index (κ2) is 8.55. The first-order chi connectivity index (χ1) is 13.9. The highest BCUT2D eigenvalue weighted by atomic mass is 16.5. The largest absolute Gasteiger partial charge is 0.492 e. The summed E-state index contributed by atoms with van der Waals surface area (Å²) in [6.07, 6.45) is 0. The monoisotopic (exact) mass is 395 g/mol. The van der Waals surface area contributed by atoms with Crippen molar-refractivity contribution in [2.45, 2.75) is 19.9 Å². The average Bonchev–Trinajstić information content (AvgIpc) is 2.92. The van der Waals surface area contributed by atoms with E-state index in [1.807, 2.05) is 30.3 Å². The van der Waals surface area contributed by atoms with Crippen LogP contribution < -0.4 is 15.0 Å². The number of nitrogens with zero attached hydrogens (tertiary/aromatic N) is 2. The smallest absolute Gasteiger partial charge is 0.339 e. The summed E-state index contributed by atoms with van der Waals surface area (Å²) in [6.45, 7) is 3.33. The Labute approximate surface area is 168 Å². The van der Waals surface area contributed by atoms with E-state index in [-0.39, 0.29) is 11.7 Å². The van der Waals surface area contributed by atoms with Gasteiger partial charge in [0.05, 0.1) is 18.3 Å². The minimum atomic E-state index is -1.05. The summed E-state index contributed by atoms with van der Waals surface area (Å²) in [6, 6.07) is 14.5. The van der Waals surface area contributed by atoms with Crippen LogP contribution in [0.15, 0.2) is 54.6 Å². The molecular formula is C21H21N3O5. The van der Waals surface area contributed by atoms with Gasteiger partial charge in [0.15, 0.2) is 0 Å². The molecule has 1 aliphatic heterocycles. The zero-order valence-corrected chi connectivity index (χ0v) is 16.1. The van der Waals surface area contributed by atoms with Crippen LogP contribution >= 0.6 is 0 Å². The maximum Gasteiger partial charge on any atom is 0.339 e. The second-order valence-corrected chi connectivity index (χ2v) is 6.42. The van der Waals surface area contributed by atoms with Crippen LogP contribution in [0, 0.1) is 0 Å². The second-order valence-electron chi connectivity index (χ2n) is 6.42. The minimum absolute atomic E-state index is 0.165. The molecule has 1 atom stereocenters. The number of hydrogen-bond donors (Lipinski definition) is 1. The van der Waals surface area contributed by atoms with Gasteiger partial charge in [-0.05, 0) is 31.5 Å². The molecule has 8 heteroatoms. The van der Waals surface area contributed by atoms with E-state index in [1.165, 1.54) is 6.07 Å². The van der Waals surface area contributed by atoms with E-state index in [0.29, 0.717) is 17.3 Å². The highest BCUT2D eigenvalue weighted by Gasteiger charge is 2.47. The van der Waals surface area contributed by atoms with E-state index >= 15 is 0 Å². The van der Waals surface area contributed by atoms with Crippen molar-refractivity contribution in [1.82, 2.24) is 10.2 Å². The molecular weight excluding hydrogens is 374 g/mol. The van der Waals surface area contributed by atoms with Crippen LogP contribution in [-0.2, 0) is 14.4 Å². The lowest BCUT2D eigenvalue weighted by atomic mass is 10.1. The molecule has 1 fully saturated rings. The molecule has 1 saturated heterocycles. The molecule has 0 spiro atoms. The molecule has 0 bridgehead atoms. The van der Waals surface area contributed by atoms with Gasteiger partial charge in [-0.15, -0.1) is 0 Å². The molecule has 8 nitrogen and oxygen atoms in total. The molecule has 0 radical (unpaired) electrons. The van der Waals surface area contributed by atoms with Gasteiger partial charge in [-0.3, -0.25) is 14.4 Å². The number of nitrogens with one attached hydrogen (secondary N) is 1. The van der Waals surface area contributed by atoms with Crippen molar-refractivity contribution in [3.8, 4) is 5.75 Å². The Morgan fingerprint density at radius 2 is 1.66 bits per heavy atom. The highest BCUT2D eigenvalue weighted by molar-refractivity contribution is 6.53. The molecule has 0 saturated carbocycles. The minimum Gasteiger partial charge on any atom is -0.492 e. The third kappa shape index (κ3) is 4.11. The summed E-state index contributed by atoms with van der Waals surface area (Å²) in [4.78, 5) is 51.3. The molecule has 0 aliphatic carbocycles. The molecule has 0 aromatic heterocycles. The predicted octanol–water partition coefficient (Wildman–Crippen LogP) is 2.26. The summed E-state index contributed by atoms with van der Waals surface area (Å²) < 4.78 is 5.44. The fraction of sp³-hybridized carbons (Fsp3) is 0.238.